The number of nitrogens with zero attached hydrogens (tertiary/aromatic N) is 4. The normalized spacial score (nSPS) is 12.6. The molecule has 4 N–H and O–H groups in total. The van der Waals surface area contributed by atoms with E-state index in [2.05, 4.69) is 15.0 Å². The van der Waals surface area contributed by atoms with Crippen LogP contribution in [0, 0.1) is 10.8 Å². The van der Waals surface area contributed by atoms with Crippen molar-refractivity contribution < 1.29 is 9.59 Å². The third-order valence-electron chi connectivity index (χ3n) is 3.35. The summed E-state index contributed by atoms with van der Waals surface area (Å²) in [5.41, 5.74) is 4.74. The van der Waals surface area contributed by atoms with Gasteiger partial charge in [-0.05, 0) is 0 Å². The van der Waals surface area contributed by atoms with Crippen molar-refractivity contribution in [3.63, 3.8) is 0 Å². The molecule has 23 heavy (non-hydrogen) atoms. The van der Waals surface area contributed by atoms with Crippen LogP contribution in [0.1, 0.15) is 62.6 Å². The van der Waals surface area contributed by atoms with Gasteiger partial charge in [-0.2, -0.15) is 4.98 Å². The number of anilines is 1. The van der Waals surface area contributed by atoms with Crippen molar-refractivity contribution in [2.45, 2.75) is 41.5 Å². The summed E-state index contributed by atoms with van der Waals surface area (Å²) in [6.07, 6.45) is 0. The molecule has 0 saturated carbocycles. The number of carbonyl (C=O) groups excluding carboxylic acids is 2. The van der Waals surface area contributed by atoms with Crippen molar-refractivity contribution in [3.05, 3.63) is 11.5 Å². The maximum Gasteiger partial charge on any atom is 0.221 e. The van der Waals surface area contributed by atoms with E-state index in [4.69, 9.17) is 11.6 Å². The van der Waals surface area contributed by atoms with E-state index in [0.717, 1.165) is 4.68 Å². The average molecular weight is 318 g/mol. The zero-order chi connectivity index (χ0) is 17.7. The molecule has 0 radical (unpaired) electrons. The molecule has 0 fully saturated rings. The van der Waals surface area contributed by atoms with Gasteiger partial charge in [0.15, 0.2) is 17.3 Å². The second-order valence-corrected chi connectivity index (χ2v) is 7.57. The molecule has 2 heterocycles. The molecular weight excluding hydrogens is 296 g/mol. The lowest BCUT2D eigenvalue weighted by Crippen LogP contribution is -2.27. The Morgan fingerprint density at radius 1 is 0.913 bits per heavy atom. The van der Waals surface area contributed by atoms with Gasteiger partial charge in [-0.25, -0.2) is 14.6 Å². The number of carbonyl (C=O) groups is 2. The molecular formula is C15H22N6O2. The molecule has 2 aromatic rings. The molecule has 0 spiro atoms. The van der Waals surface area contributed by atoms with Crippen LogP contribution in [0.2, 0.25) is 0 Å². The number of aromatic nitrogens is 4. The first-order valence-electron chi connectivity index (χ1n) is 7.24. The van der Waals surface area contributed by atoms with E-state index >= 15 is 0 Å². The molecule has 0 aliphatic rings. The Balaban J connectivity index is 2.82. The van der Waals surface area contributed by atoms with Crippen molar-refractivity contribution in [2.75, 3.05) is 11.6 Å². The van der Waals surface area contributed by atoms with Gasteiger partial charge in [0.25, 0.3) is 0 Å². The van der Waals surface area contributed by atoms with Crippen molar-refractivity contribution in [1.82, 2.24) is 19.6 Å². The predicted molar refractivity (Wildman–Crippen MR) is 87.5 cm³/mol. The average Bonchev–Trinajstić information content (AvgIpc) is 2.69. The van der Waals surface area contributed by atoms with Crippen LogP contribution in [-0.4, -0.2) is 31.2 Å². The monoisotopic (exact) mass is 318 g/mol. The molecule has 124 valence electrons. The predicted octanol–water partition coefficient (Wildman–Crippen LogP) is 1.58. The fraction of sp³-hybridized carbons (Fsp3) is 0.533. The van der Waals surface area contributed by atoms with Crippen LogP contribution in [-0.2, 0) is 0 Å². The van der Waals surface area contributed by atoms with Crippen molar-refractivity contribution in [1.29, 1.82) is 0 Å². The molecule has 8 heteroatoms. The summed E-state index contributed by atoms with van der Waals surface area (Å²) in [5, 5.41) is 0. The highest BCUT2D eigenvalue weighted by molar-refractivity contribution is 6.08. The summed E-state index contributed by atoms with van der Waals surface area (Å²) in [4.78, 5) is 37.6. The molecule has 0 aromatic carbocycles. The Kier molecular flexibility index (Phi) is 3.67. The van der Waals surface area contributed by atoms with E-state index in [1.807, 2.05) is 0 Å². The number of Topliss-reactive ketones (excluding diaryl/α,β-unsaturated/α-hetero) is 2. The number of hydrogen-bond acceptors (Lipinski definition) is 7. The number of ketones is 2. The van der Waals surface area contributed by atoms with E-state index in [0.29, 0.717) is 0 Å². The van der Waals surface area contributed by atoms with Crippen LogP contribution >= 0.6 is 0 Å². The largest absolute Gasteiger partial charge is 0.368 e. The van der Waals surface area contributed by atoms with Gasteiger partial charge in [0.1, 0.15) is 11.2 Å². The van der Waals surface area contributed by atoms with Gasteiger partial charge < -0.3 is 11.6 Å². The Morgan fingerprint density at radius 3 is 1.91 bits per heavy atom. The van der Waals surface area contributed by atoms with Gasteiger partial charge in [0.05, 0.1) is 0 Å². The molecule has 0 bridgehead atoms. The zero-order valence-electron chi connectivity index (χ0n) is 14.3. The number of rotatable bonds is 2. The number of nitrogens with two attached hydrogens (primary N) is 2. The Bertz CT molecular complexity index is 808. The fourth-order valence-corrected chi connectivity index (χ4v) is 1.97. The Morgan fingerprint density at radius 2 is 1.43 bits per heavy atom. The maximum absolute atomic E-state index is 12.7. The molecule has 2 aromatic heterocycles. The maximum atomic E-state index is 12.7. The lowest BCUT2D eigenvalue weighted by atomic mass is 9.88. The van der Waals surface area contributed by atoms with Gasteiger partial charge in [-0.1, -0.05) is 41.5 Å². The zero-order valence-corrected chi connectivity index (χ0v) is 14.3. The smallest absolute Gasteiger partial charge is 0.221 e. The molecule has 0 unspecified atom stereocenters. The van der Waals surface area contributed by atoms with E-state index < -0.39 is 10.8 Å². The van der Waals surface area contributed by atoms with Crippen LogP contribution in [0.4, 0.5) is 5.95 Å². The highest BCUT2D eigenvalue weighted by Crippen LogP contribution is 2.27. The third-order valence-corrected chi connectivity index (χ3v) is 3.35. The molecule has 0 atom stereocenters. The molecule has 0 aliphatic carbocycles. The minimum absolute atomic E-state index is 0.00221. The van der Waals surface area contributed by atoms with Crippen LogP contribution in [0.15, 0.2) is 0 Å². The van der Waals surface area contributed by atoms with Crippen molar-refractivity contribution >= 4 is 28.7 Å². The topological polar surface area (TPSA) is 130 Å². The number of fused-ring (bicyclic) bond motifs is 1. The summed E-state index contributed by atoms with van der Waals surface area (Å²) < 4.78 is 1.07. The number of hydrogen-bond donors (Lipinski definition) is 2. The highest BCUT2D eigenvalue weighted by Gasteiger charge is 2.32. The van der Waals surface area contributed by atoms with E-state index in [1.54, 1.807) is 41.5 Å². The van der Waals surface area contributed by atoms with Gasteiger partial charge >= 0.3 is 0 Å². The van der Waals surface area contributed by atoms with Gasteiger partial charge in [-0.3, -0.25) is 9.59 Å². The first-order chi connectivity index (χ1) is 10.3. The second-order valence-electron chi connectivity index (χ2n) is 7.57. The van der Waals surface area contributed by atoms with Gasteiger partial charge in [0, 0.05) is 10.8 Å². The van der Waals surface area contributed by atoms with Crippen LogP contribution in [0.25, 0.3) is 11.2 Å². The standard InChI is InChI=1S/C15H22N6O2/c1-14(2,3)9(22)7-8-11(20-13(16)21(8)17)19-12(18-7)10(23)15(4,5)6/h17H2,1-6H3,(H2,16,18,19,20). The Labute approximate surface area is 134 Å². The minimum atomic E-state index is -0.706. The quantitative estimate of drug-likeness (QED) is 0.635. The molecule has 2 rings (SSSR count). The highest BCUT2D eigenvalue weighted by atomic mass is 16.1. The third kappa shape index (κ3) is 2.88. The molecule has 8 nitrogen and oxygen atoms in total. The molecule has 0 aliphatic heterocycles. The summed E-state index contributed by atoms with van der Waals surface area (Å²) in [6.45, 7) is 10.5. The van der Waals surface area contributed by atoms with Crippen molar-refractivity contribution in [3.8, 4) is 0 Å². The number of imidazole rings is 1. The first-order valence-corrected chi connectivity index (χ1v) is 7.24. The SMILES string of the molecule is CC(C)(C)C(=O)c1nc(C(=O)C(C)(C)C)c2c(n1)nc(N)n2N. The lowest BCUT2D eigenvalue weighted by molar-refractivity contribution is 0.0842. The van der Waals surface area contributed by atoms with E-state index in [-0.39, 0.29) is 40.2 Å². The summed E-state index contributed by atoms with van der Waals surface area (Å²) in [7, 11) is 0. The second kappa shape index (κ2) is 5.00. The summed E-state index contributed by atoms with van der Waals surface area (Å²) >= 11 is 0. The Hall–Kier alpha value is -2.51. The van der Waals surface area contributed by atoms with Crippen LogP contribution < -0.4 is 11.6 Å². The van der Waals surface area contributed by atoms with Gasteiger partial charge in [-0.15, -0.1) is 0 Å². The van der Waals surface area contributed by atoms with Crippen LogP contribution in [0.3, 0.4) is 0 Å². The summed E-state index contributed by atoms with van der Waals surface area (Å²) in [6, 6.07) is 0. The van der Waals surface area contributed by atoms with Crippen molar-refractivity contribution in [2.24, 2.45) is 10.8 Å². The first kappa shape index (κ1) is 16.9. The molecule has 0 amide bonds. The molecule has 0 saturated heterocycles. The van der Waals surface area contributed by atoms with E-state index in [1.165, 1.54) is 0 Å². The van der Waals surface area contributed by atoms with Crippen LogP contribution in [0.5, 0.6) is 0 Å². The lowest BCUT2D eigenvalue weighted by Gasteiger charge is -2.18. The minimum Gasteiger partial charge on any atom is -0.368 e. The van der Waals surface area contributed by atoms with E-state index in [9.17, 15) is 9.59 Å². The number of nitrogen functional groups attached to an aromatic ring is 2. The fourth-order valence-electron chi connectivity index (χ4n) is 1.97. The van der Waals surface area contributed by atoms with Gasteiger partial charge in [0.2, 0.25) is 11.7 Å². The summed E-state index contributed by atoms with van der Waals surface area (Å²) in [5.74, 6) is 5.23.